The Bertz CT molecular complexity index is 1020. The lowest BCUT2D eigenvalue weighted by Crippen LogP contribution is -2.36. The Morgan fingerprint density at radius 1 is 1.10 bits per heavy atom. The molecule has 0 amide bonds. The molecule has 0 N–H and O–H groups in total. The summed E-state index contributed by atoms with van der Waals surface area (Å²) in [6.45, 7) is 3.01. The number of hydrogen-bond donors (Lipinski definition) is 0. The summed E-state index contributed by atoms with van der Waals surface area (Å²) in [5.74, 6) is 0. The lowest BCUT2D eigenvalue weighted by molar-refractivity contribution is -0.384. The molecule has 0 radical (unpaired) electrons. The molecule has 1 fully saturated rings. The fourth-order valence-electron chi connectivity index (χ4n) is 3.66. The Hall–Kier alpha value is -3.10. The maximum absolute atomic E-state index is 11.1. The third-order valence-electron chi connectivity index (χ3n) is 5.03. The van der Waals surface area contributed by atoms with Crippen LogP contribution in [0.15, 0.2) is 68.8 Å². The zero-order chi connectivity index (χ0) is 20.8. The van der Waals surface area contributed by atoms with E-state index >= 15 is 0 Å². The molecule has 1 aliphatic heterocycles. The molecular formula is C22H22N4O3S. The number of nitro benzene ring substituents is 1. The number of hydrogen-bond acceptors (Lipinski definition) is 7. The van der Waals surface area contributed by atoms with Gasteiger partial charge in [0.05, 0.1) is 30.6 Å². The van der Waals surface area contributed by atoms with E-state index in [1.165, 1.54) is 11.6 Å². The van der Waals surface area contributed by atoms with Crippen LogP contribution in [0.25, 0.3) is 6.08 Å². The molecule has 2 heterocycles. The van der Waals surface area contributed by atoms with E-state index in [1.54, 1.807) is 29.7 Å². The summed E-state index contributed by atoms with van der Waals surface area (Å²) < 4.78 is 5.52. The van der Waals surface area contributed by atoms with Gasteiger partial charge in [-0.1, -0.05) is 18.2 Å². The molecule has 154 valence electrons. The number of morpholine rings is 1. The third-order valence-corrected chi connectivity index (χ3v) is 5.84. The highest BCUT2D eigenvalue weighted by atomic mass is 32.1. The highest BCUT2D eigenvalue weighted by Gasteiger charge is 2.25. The Balaban J connectivity index is 1.62. The fraction of sp³-hybridized carbons (Fsp3) is 0.273. The summed E-state index contributed by atoms with van der Waals surface area (Å²) in [5, 5.41) is 21.6. The molecule has 8 heteroatoms. The first kappa shape index (κ1) is 20.2. The molecule has 7 nitrogen and oxygen atoms in total. The van der Waals surface area contributed by atoms with Crippen molar-refractivity contribution in [1.82, 2.24) is 4.90 Å². The molecule has 2 aromatic rings. The van der Waals surface area contributed by atoms with Crippen molar-refractivity contribution >= 4 is 35.5 Å². The van der Waals surface area contributed by atoms with Crippen molar-refractivity contribution in [1.29, 1.82) is 0 Å². The van der Waals surface area contributed by atoms with Gasteiger partial charge in [-0.3, -0.25) is 10.1 Å². The average Bonchev–Trinajstić information content (AvgIpc) is 3.42. The number of benzene rings is 1. The summed E-state index contributed by atoms with van der Waals surface area (Å²) in [4.78, 5) is 14.1. The SMILES string of the molecule is O=[N+]([O-])c1cccc(C=C2CCC(/C=N\N=C/c3cccs3)=C2N2CCOCC2)c1. The van der Waals surface area contributed by atoms with Crippen molar-refractivity contribution in [3.8, 4) is 0 Å². The second kappa shape index (κ2) is 9.60. The van der Waals surface area contributed by atoms with Gasteiger partial charge in [-0.05, 0) is 47.1 Å². The zero-order valence-corrected chi connectivity index (χ0v) is 17.3. The summed E-state index contributed by atoms with van der Waals surface area (Å²) >= 11 is 1.62. The molecule has 1 aromatic heterocycles. The monoisotopic (exact) mass is 422 g/mol. The molecule has 1 aliphatic carbocycles. The molecule has 0 saturated carbocycles. The smallest absolute Gasteiger partial charge is 0.270 e. The molecule has 0 spiro atoms. The van der Waals surface area contributed by atoms with Crippen molar-refractivity contribution in [2.45, 2.75) is 12.8 Å². The lowest BCUT2D eigenvalue weighted by atomic mass is 10.1. The van der Waals surface area contributed by atoms with Crippen molar-refractivity contribution in [3.05, 3.63) is 79.2 Å². The molecule has 2 aliphatic rings. The Morgan fingerprint density at radius 2 is 1.93 bits per heavy atom. The number of nitro groups is 1. The van der Waals surface area contributed by atoms with Gasteiger partial charge in [0.1, 0.15) is 0 Å². The van der Waals surface area contributed by atoms with Gasteiger partial charge in [0.15, 0.2) is 0 Å². The normalized spacial score (nSPS) is 18.9. The standard InChI is InChI=1S/C22H22N4O3S/c27-26(28)20-4-1-3-17(14-20)13-18-6-7-19(22(18)25-8-10-29-11-9-25)15-23-24-16-21-5-2-12-30-21/h1-5,12-16H,6-11H2/b18-13?,23-15-,24-16-. The van der Waals surface area contributed by atoms with E-state index in [1.807, 2.05) is 35.9 Å². The predicted molar refractivity (Wildman–Crippen MR) is 120 cm³/mol. The van der Waals surface area contributed by atoms with E-state index in [9.17, 15) is 10.1 Å². The van der Waals surface area contributed by atoms with Crippen molar-refractivity contribution < 1.29 is 9.66 Å². The van der Waals surface area contributed by atoms with Crippen molar-refractivity contribution in [2.24, 2.45) is 10.2 Å². The minimum absolute atomic E-state index is 0.101. The van der Waals surface area contributed by atoms with E-state index in [4.69, 9.17) is 4.74 Å². The number of non-ortho nitro benzene ring substituents is 1. The van der Waals surface area contributed by atoms with Gasteiger partial charge in [-0.2, -0.15) is 10.2 Å². The van der Waals surface area contributed by atoms with Crippen LogP contribution >= 0.6 is 11.3 Å². The quantitative estimate of drug-likeness (QED) is 0.389. The van der Waals surface area contributed by atoms with Crippen LogP contribution in [0.4, 0.5) is 5.69 Å². The molecule has 30 heavy (non-hydrogen) atoms. The van der Waals surface area contributed by atoms with Crippen LogP contribution in [0.3, 0.4) is 0 Å². The number of thiophene rings is 1. The molecular weight excluding hydrogens is 400 g/mol. The molecule has 0 unspecified atom stereocenters. The van der Waals surface area contributed by atoms with Crippen LogP contribution in [0.5, 0.6) is 0 Å². The summed E-state index contributed by atoms with van der Waals surface area (Å²) in [7, 11) is 0. The van der Waals surface area contributed by atoms with Gasteiger partial charge in [-0.25, -0.2) is 0 Å². The van der Waals surface area contributed by atoms with Gasteiger partial charge in [0.25, 0.3) is 5.69 Å². The van der Waals surface area contributed by atoms with Gasteiger partial charge >= 0.3 is 0 Å². The maximum Gasteiger partial charge on any atom is 0.270 e. The first-order valence-corrected chi connectivity index (χ1v) is 10.7. The van der Waals surface area contributed by atoms with E-state index < -0.39 is 0 Å². The first-order chi connectivity index (χ1) is 14.7. The van der Waals surface area contributed by atoms with Gasteiger partial charge in [0, 0.05) is 35.8 Å². The Morgan fingerprint density at radius 3 is 2.70 bits per heavy atom. The molecule has 1 aromatic carbocycles. The van der Waals surface area contributed by atoms with E-state index in [0.29, 0.717) is 13.2 Å². The van der Waals surface area contributed by atoms with Gasteiger partial charge in [-0.15, -0.1) is 11.3 Å². The van der Waals surface area contributed by atoms with Crippen LogP contribution in [0.2, 0.25) is 0 Å². The van der Waals surface area contributed by atoms with Crippen LogP contribution in [-0.2, 0) is 4.74 Å². The minimum Gasteiger partial charge on any atom is -0.378 e. The second-order valence-corrected chi connectivity index (χ2v) is 7.98. The topological polar surface area (TPSA) is 80.3 Å². The summed E-state index contributed by atoms with van der Waals surface area (Å²) in [5.41, 5.74) is 4.39. The van der Waals surface area contributed by atoms with Crippen molar-refractivity contribution in [2.75, 3.05) is 26.3 Å². The molecule has 0 atom stereocenters. The van der Waals surface area contributed by atoms with E-state index in [0.717, 1.165) is 47.6 Å². The largest absolute Gasteiger partial charge is 0.378 e. The Kier molecular flexibility index (Phi) is 6.46. The lowest BCUT2D eigenvalue weighted by Gasteiger charge is -2.31. The molecule has 4 rings (SSSR count). The second-order valence-electron chi connectivity index (χ2n) is 7.00. The average molecular weight is 423 g/mol. The van der Waals surface area contributed by atoms with Crippen molar-refractivity contribution in [3.63, 3.8) is 0 Å². The molecule has 1 saturated heterocycles. The number of ether oxygens (including phenoxy) is 1. The van der Waals surface area contributed by atoms with E-state index in [-0.39, 0.29) is 10.6 Å². The van der Waals surface area contributed by atoms with Crippen LogP contribution in [0.1, 0.15) is 23.3 Å². The van der Waals surface area contributed by atoms with Gasteiger partial charge in [0.2, 0.25) is 0 Å². The highest BCUT2D eigenvalue weighted by molar-refractivity contribution is 7.11. The van der Waals surface area contributed by atoms with Crippen LogP contribution in [0, 0.1) is 10.1 Å². The van der Waals surface area contributed by atoms with Crippen LogP contribution < -0.4 is 0 Å². The first-order valence-electron chi connectivity index (χ1n) is 9.82. The highest BCUT2D eigenvalue weighted by Crippen LogP contribution is 2.35. The third kappa shape index (κ3) is 4.90. The summed E-state index contributed by atoms with van der Waals surface area (Å²) in [6.07, 6.45) is 7.37. The number of rotatable bonds is 6. The zero-order valence-electron chi connectivity index (χ0n) is 16.4. The predicted octanol–water partition coefficient (Wildman–Crippen LogP) is 4.52. The van der Waals surface area contributed by atoms with Gasteiger partial charge < -0.3 is 9.64 Å². The molecule has 0 bridgehead atoms. The number of nitrogens with zero attached hydrogens (tertiary/aromatic N) is 4. The Labute approximate surface area is 178 Å². The summed E-state index contributed by atoms with van der Waals surface area (Å²) in [6, 6.07) is 10.7. The fourth-order valence-corrected chi connectivity index (χ4v) is 4.24. The maximum atomic E-state index is 11.1. The van der Waals surface area contributed by atoms with E-state index in [2.05, 4.69) is 15.1 Å². The minimum atomic E-state index is -0.362. The number of allylic oxidation sites excluding steroid dienone is 2. The van der Waals surface area contributed by atoms with Crippen LogP contribution in [-0.4, -0.2) is 48.6 Å².